The Morgan fingerprint density at radius 1 is 1.42 bits per heavy atom. The van der Waals surface area contributed by atoms with E-state index in [9.17, 15) is 0 Å². The summed E-state index contributed by atoms with van der Waals surface area (Å²) >= 11 is 0.847. The summed E-state index contributed by atoms with van der Waals surface area (Å²) in [5, 5.41) is 0. The van der Waals surface area contributed by atoms with Crippen LogP contribution in [0.25, 0.3) is 0 Å². The fourth-order valence-electron chi connectivity index (χ4n) is 0.941. The molecule has 0 radical (unpaired) electrons. The summed E-state index contributed by atoms with van der Waals surface area (Å²) in [5.41, 5.74) is 2.16. The molecule has 0 N–H and O–H groups in total. The fourth-order valence-corrected chi connectivity index (χ4v) is 0.941. The minimum absolute atomic E-state index is 0.847. The van der Waals surface area contributed by atoms with Crippen molar-refractivity contribution < 1.29 is 22.0 Å². The van der Waals surface area contributed by atoms with Gasteiger partial charge in [0, 0.05) is 0 Å². The summed E-state index contributed by atoms with van der Waals surface area (Å²) in [4.78, 5) is 0. The van der Waals surface area contributed by atoms with E-state index < -0.39 is 0 Å². The van der Waals surface area contributed by atoms with Crippen LogP contribution in [-0.2, 0) is 17.3 Å². The van der Waals surface area contributed by atoms with E-state index in [-0.39, 0.29) is 0 Å². The van der Waals surface area contributed by atoms with Gasteiger partial charge in [-0.2, -0.15) is 24.6 Å². The Bertz CT molecular complexity index is 238. The molecule has 1 aromatic carbocycles. The van der Waals surface area contributed by atoms with E-state index >= 15 is 0 Å². The fraction of sp³-hybridized carbons (Fsp3) is 0.222. The molecule has 1 aromatic rings. The van der Waals surface area contributed by atoms with Gasteiger partial charge in [-0.25, -0.2) is 0 Å². The van der Waals surface area contributed by atoms with Gasteiger partial charge in [0.25, 0.3) is 0 Å². The second kappa shape index (κ2) is 6.33. The second-order valence-corrected chi connectivity index (χ2v) is 2.30. The summed E-state index contributed by atoms with van der Waals surface area (Å²) in [6.45, 7) is 5.81. The molecule has 0 saturated carbocycles. The zero-order valence-electron chi connectivity index (χ0n) is 7.43. The number of ether oxygens (including phenoxy) is 1. The van der Waals surface area contributed by atoms with Crippen LogP contribution >= 0.6 is 9.69 Å². The predicted octanol–water partition coefficient (Wildman–Crippen LogP) is 2.87. The zero-order chi connectivity index (χ0) is 9.56. The molecule has 0 saturated heterocycles. The molecule has 0 aliphatic carbocycles. The van der Waals surface area contributed by atoms with E-state index in [0.717, 1.165) is 34.2 Å². The Morgan fingerprint density at radius 2 is 2.00 bits per heavy atom. The number of hydrogen-bond acceptors (Lipinski definition) is 1. The Labute approximate surface area is 87.8 Å². The number of benzene rings is 1. The number of methoxy groups -OCH3 is 1. The second-order valence-electron chi connectivity index (χ2n) is 2.30. The van der Waals surface area contributed by atoms with Gasteiger partial charge in [-0.15, -0.1) is 0 Å². The van der Waals surface area contributed by atoms with Gasteiger partial charge in [0.05, 0.1) is 12.9 Å². The van der Waals surface area contributed by atoms with Crippen LogP contribution in [0.4, 0.5) is 0 Å². The Morgan fingerprint density at radius 3 is 2.42 bits per heavy atom. The maximum atomic E-state index is 5.07. The first kappa shape index (κ1) is 11.8. The van der Waals surface area contributed by atoms with Crippen LogP contribution in [0, 0.1) is 13.8 Å². The van der Waals surface area contributed by atoms with E-state index in [0.29, 0.717) is 0 Å². The average molecular weight is 236 g/mol. The van der Waals surface area contributed by atoms with E-state index in [4.69, 9.17) is 14.4 Å². The Balaban J connectivity index is 0.000000561. The summed E-state index contributed by atoms with van der Waals surface area (Å²) in [6, 6.07) is 5.86. The van der Waals surface area contributed by atoms with Gasteiger partial charge < -0.3 is 4.74 Å². The third-order valence-electron chi connectivity index (χ3n) is 1.46. The monoisotopic (exact) mass is 234 g/mol. The molecule has 12 heavy (non-hydrogen) atoms. The molecule has 1 nitrogen and oxygen atoms in total. The van der Waals surface area contributed by atoms with Crippen molar-refractivity contribution >= 4 is 9.69 Å². The predicted molar refractivity (Wildman–Crippen MR) is 48.0 cm³/mol. The number of aryl methyl sites for hydroxylation is 1. The maximum absolute atomic E-state index is 5.07. The molecule has 0 aliphatic heterocycles. The molecule has 0 spiro atoms. The van der Waals surface area contributed by atoms with E-state index in [1.165, 1.54) is 0 Å². The number of hydrogen-bond donors (Lipinski definition) is 0. The van der Waals surface area contributed by atoms with Crippen molar-refractivity contribution in [3.05, 3.63) is 36.2 Å². The van der Waals surface area contributed by atoms with E-state index in [1.54, 1.807) is 7.11 Å². The Kier molecular flexibility index (Phi) is 6.23. The molecular weight excluding hydrogens is 225 g/mol. The molecular formula is C9H11ClOZn. The van der Waals surface area contributed by atoms with Gasteiger partial charge in [-0.1, -0.05) is 11.6 Å². The molecule has 62 valence electrons. The van der Waals surface area contributed by atoms with Crippen LogP contribution in [0.2, 0.25) is 0 Å². The first-order valence-electron chi connectivity index (χ1n) is 3.47. The molecule has 3 heteroatoms. The van der Waals surface area contributed by atoms with Crippen molar-refractivity contribution in [3.63, 3.8) is 0 Å². The molecule has 0 bridgehead atoms. The van der Waals surface area contributed by atoms with Crippen molar-refractivity contribution in [1.29, 1.82) is 0 Å². The van der Waals surface area contributed by atoms with Gasteiger partial charge in [-0.05, 0) is 6.92 Å². The van der Waals surface area contributed by atoms with Crippen molar-refractivity contribution in [3.8, 4) is 5.75 Å². The molecule has 0 atom stereocenters. The number of halogens is 1. The molecule has 0 unspecified atom stereocenters. The standard InChI is InChI=1S/C9H11O.ClH.Zn/c1-7-4-5-9(10-3)8(2)6-7;;/h4-6H,1H2,2-3H3;1H;/q-1;;+2/p-1. The average Bonchev–Trinajstić information content (AvgIpc) is 2.08. The molecule has 0 heterocycles. The minimum atomic E-state index is 0.847. The van der Waals surface area contributed by atoms with Crippen LogP contribution in [0.15, 0.2) is 18.2 Å². The van der Waals surface area contributed by atoms with Crippen LogP contribution in [-0.4, -0.2) is 7.11 Å². The van der Waals surface area contributed by atoms with Gasteiger partial charge >= 0.3 is 27.0 Å². The van der Waals surface area contributed by atoms with Gasteiger partial charge in [0.15, 0.2) is 0 Å². The first-order valence-corrected chi connectivity index (χ1v) is 7.37. The van der Waals surface area contributed by atoms with Crippen LogP contribution in [0.3, 0.4) is 0 Å². The Hall–Kier alpha value is -0.197. The molecule has 0 aliphatic rings. The summed E-state index contributed by atoms with van der Waals surface area (Å²) < 4.78 is 5.07. The summed E-state index contributed by atoms with van der Waals surface area (Å²) in [7, 11) is 6.44. The summed E-state index contributed by atoms with van der Waals surface area (Å²) in [5.74, 6) is 0.924. The topological polar surface area (TPSA) is 9.23 Å². The van der Waals surface area contributed by atoms with Crippen LogP contribution < -0.4 is 4.74 Å². The molecule has 0 fully saturated rings. The quantitative estimate of drug-likeness (QED) is 0.538. The van der Waals surface area contributed by atoms with Gasteiger partial charge in [0.2, 0.25) is 0 Å². The van der Waals surface area contributed by atoms with Crippen LogP contribution in [0.5, 0.6) is 5.75 Å². The van der Waals surface area contributed by atoms with Crippen molar-refractivity contribution in [1.82, 2.24) is 0 Å². The van der Waals surface area contributed by atoms with E-state index in [2.05, 4.69) is 6.92 Å². The third kappa shape index (κ3) is 3.47. The molecule has 1 rings (SSSR count). The van der Waals surface area contributed by atoms with Crippen molar-refractivity contribution in [2.45, 2.75) is 6.92 Å². The SMILES string of the molecule is [CH2-]c1ccc(OC)c(C)c1.[Cl][Zn+]. The number of rotatable bonds is 1. The normalized spacial score (nSPS) is 8.42. The van der Waals surface area contributed by atoms with Gasteiger partial charge in [0.1, 0.15) is 0 Å². The first-order chi connectivity index (χ1) is 5.74. The van der Waals surface area contributed by atoms with Crippen LogP contribution in [0.1, 0.15) is 11.1 Å². The van der Waals surface area contributed by atoms with Crippen molar-refractivity contribution in [2.75, 3.05) is 7.11 Å². The molecule has 0 aromatic heterocycles. The third-order valence-corrected chi connectivity index (χ3v) is 1.46. The van der Waals surface area contributed by atoms with Crippen molar-refractivity contribution in [2.24, 2.45) is 0 Å². The molecule has 0 amide bonds. The van der Waals surface area contributed by atoms with E-state index in [1.807, 2.05) is 25.1 Å². The van der Waals surface area contributed by atoms with Gasteiger partial charge in [-0.3, -0.25) is 0 Å². The summed E-state index contributed by atoms with van der Waals surface area (Å²) in [6.07, 6.45) is 0. The zero-order valence-corrected chi connectivity index (χ0v) is 11.2.